The highest BCUT2D eigenvalue weighted by atomic mass is 16.4. The van der Waals surface area contributed by atoms with Crippen molar-refractivity contribution in [3.63, 3.8) is 0 Å². The Morgan fingerprint density at radius 3 is 2.52 bits per heavy atom. The van der Waals surface area contributed by atoms with Gasteiger partial charge in [0.05, 0.1) is 11.5 Å². The standard InChI is InChI=1S/C22H28N4O3/c1-20(2,3)21(4,5)12-15(18(27)26-22(13-23)10-11-22)24-17-14-8-6-7-9-16(14)29-19(28)25-17/h6-9,15H,10-12H2,1-5H3,(H,26,27)(H,24,25,28). The zero-order valence-electron chi connectivity index (χ0n) is 17.6. The van der Waals surface area contributed by atoms with Crippen LogP contribution in [0.15, 0.2) is 33.5 Å². The Labute approximate surface area is 170 Å². The summed E-state index contributed by atoms with van der Waals surface area (Å²) in [6.45, 7) is 10.6. The fourth-order valence-electron chi connectivity index (χ4n) is 3.03. The number of carbonyl (C=O) groups is 1. The summed E-state index contributed by atoms with van der Waals surface area (Å²) in [5.41, 5.74) is -0.639. The lowest BCUT2D eigenvalue weighted by Gasteiger charge is -2.41. The molecule has 7 nitrogen and oxygen atoms in total. The highest BCUT2D eigenvalue weighted by Crippen LogP contribution is 2.42. The molecular formula is C22H28N4O3. The summed E-state index contributed by atoms with van der Waals surface area (Å²) in [7, 11) is 0. The summed E-state index contributed by atoms with van der Waals surface area (Å²) in [4.78, 5) is 29.0. The minimum absolute atomic E-state index is 0.0646. The molecule has 2 N–H and O–H groups in total. The van der Waals surface area contributed by atoms with Crippen molar-refractivity contribution in [2.24, 2.45) is 10.8 Å². The maximum atomic E-state index is 13.1. The molecule has 1 aliphatic rings. The Kier molecular flexibility index (Phi) is 5.16. The minimum atomic E-state index is -0.770. The van der Waals surface area contributed by atoms with Crippen molar-refractivity contribution in [3.05, 3.63) is 34.8 Å². The van der Waals surface area contributed by atoms with Crippen LogP contribution in [-0.2, 0) is 4.79 Å². The van der Waals surface area contributed by atoms with E-state index in [1.54, 1.807) is 18.2 Å². The van der Waals surface area contributed by atoms with Crippen LogP contribution in [0.2, 0.25) is 0 Å². The lowest BCUT2D eigenvalue weighted by atomic mass is 9.66. The predicted octanol–water partition coefficient (Wildman–Crippen LogP) is 3.60. The van der Waals surface area contributed by atoms with Gasteiger partial charge in [0, 0.05) is 0 Å². The zero-order chi connectivity index (χ0) is 21.4. The molecule has 1 heterocycles. The molecule has 1 aliphatic carbocycles. The molecule has 154 valence electrons. The van der Waals surface area contributed by atoms with Gasteiger partial charge in [-0.05, 0) is 42.2 Å². The molecule has 1 unspecified atom stereocenters. The minimum Gasteiger partial charge on any atom is -0.408 e. The Bertz CT molecular complexity index is 1020. The van der Waals surface area contributed by atoms with Crippen LogP contribution in [0.3, 0.4) is 0 Å². The van der Waals surface area contributed by atoms with E-state index in [2.05, 4.69) is 56.3 Å². The molecule has 0 spiro atoms. The number of fused-ring (bicyclic) bond motifs is 1. The van der Waals surface area contributed by atoms with E-state index in [0.717, 1.165) is 0 Å². The lowest BCUT2D eigenvalue weighted by Crippen LogP contribution is -2.48. The normalized spacial score (nSPS) is 16.7. The Balaban J connectivity index is 1.96. The van der Waals surface area contributed by atoms with Crippen LogP contribution in [-0.4, -0.2) is 22.5 Å². The summed E-state index contributed by atoms with van der Waals surface area (Å²) in [6.07, 6.45) is 1.81. The second-order valence-electron chi connectivity index (χ2n) is 9.54. The number of hydrogen-bond acceptors (Lipinski definition) is 6. The van der Waals surface area contributed by atoms with Gasteiger partial charge in [0.2, 0.25) is 5.91 Å². The van der Waals surface area contributed by atoms with E-state index >= 15 is 0 Å². The van der Waals surface area contributed by atoms with Crippen LogP contribution in [0.1, 0.15) is 53.9 Å². The quantitative estimate of drug-likeness (QED) is 0.772. The van der Waals surface area contributed by atoms with Crippen molar-refractivity contribution in [1.29, 1.82) is 5.26 Å². The van der Waals surface area contributed by atoms with Crippen LogP contribution < -0.4 is 16.4 Å². The van der Waals surface area contributed by atoms with E-state index < -0.39 is 17.3 Å². The van der Waals surface area contributed by atoms with Crippen molar-refractivity contribution < 1.29 is 9.21 Å². The van der Waals surface area contributed by atoms with E-state index in [9.17, 15) is 14.9 Å². The molecule has 3 rings (SSSR count). The number of nitriles is 1. The zero-order valence-corrected chi connectivity index (χ0v) is 17.6. The molecule has 1 aromatic carbocycles. The van der Waals surface area contributed by atoms with Gasteiger partial charge in [-0.25, -0.2) is 4.79 Å². The van der Waals surface area contributed by atoms with Crippen molar-refractivity contribution in [2.75, 3.05) is 5.32 Å². The van der Waals surface area contributed by atoms with Gasteiger partial charge < -0.3 is 15.1 Å². The summed E-state index contributed by atoms with van der Waals surface area (Å²) in [6, 6.07) is 8.60. The molecule has 0 radical (unpaired) electrons. The molecule has 1 aromatic heterocycles. The number of benzene rings is 1. The van der Waals surface area contributed by atoms with Gasteiger partial charge in [-0.15, -0.1) is 0 Å². The SMILES string of the molecule is CC(C)(C)C(C)(C)CC(Nc1nc(=O)oc2ccccc12)C(=O)NC1(C#N)CC1. The molecule has 1 atom stereocenters. The molecule has 0 bridgehead atoms. The van der Waals surface area contributed by atoms with Crippen molar-refractivity contribution in [3.8, 4) is 6.07 Å². The molecule has 1 fully saturated rings. The number of aromatic nitrogens is 1. The van der Waals surface area contributed by atoms with Crippen molar-refractivity contribution >= 4 is 22.7 Å². The van der Waals surface area contributed by atoms with E-state index in [0.29, 0.717) is 36.0 Å². The number of nitrogens with zero attached hydrogens (tertiary/aromatic N) is 2. The highest BCUT2D eigenvalue weighted by Gasteiger charge is 2.46. The van der Waals surface area contributed by atoms with E-state index in [1.165, 1.54) is 0 Å². The molecule has 0 saturated heterocycles. The largest absolute Gasteiger partial charge is 0.441 e. The van der Waals surface area contributed by atoms with Gasteiger partial charge in [-0.3, -0.25) is 4.79 Å². The Morgan fingerprint density at radius 2 is 1.93 bits per heavy atom. The van der Waals surface area contributed by atoms with E-state index in [1.807, 2.05) is 6.07 Å². The second-order valence-corrected chi connectivity index (χ2v) is 9.54. The van der Waals surface area contributed by atoms with Crippen LogP contribution in [0.5, 0.6) is 0 Å². The van der Waals surface area contributed by atoms with E-state index in [4.69, 9.17) is 4.42 Å². The summed E-state index contributed by atoms with van der Waals surface area (Å²) < 4.78 is 5.16. The second kappa shape index (κ2) is 7.18. The number of nitrogens with one attached hydrogen (secondary N) is 2. The van der Waals surface area contributed by atoms with Gasteiger partial charge in [-0.2, -0.15) is 10.2 Å². The number of carbonyl (C=O) groups excluding carboxylic acids is 1. The van der Waals surface area contributed by atoms with Crippen LogP contribution >= 0.6 is 0 Å². The number of anilines is 1. The van der Waals surface area contributed by atoms with Gasteiger partial charge in [0.15, 0.2) is 0 Å². The third-order valence-electron chi connectivity index (χ3n) is 6.24. The first-order chi connectivity index (χ1) is 13.5. The molecule has 7 heteroatoms. The highest BCUT2D eigenvalue weighted by molar-refractivity contribution is 5.91. The van der Waals surface area contributed by atoms with Crippen molar-refractivity contribution in [2.45, 2.75) is 65.5 Å². The van der Waals surface area contributed by atoms with Crippen LogP contribution in [0.25, 0.3) is 11.0 Å². The predicted molar refractivity (Wildman–Crippen MR) is 111 cm³/mol. The van der Waals surface area contributed by atoms with Gasteiger partial charge in [0.1, 0.15) is 23.0 Å². The Hall–Kier alpha value is -2.88. The molecule has 0 aliphatic heterocycles. The number of rotatable bonds is 6. The monoisotopic (exact) mass is 396 g/mol. The molecule has 2 aromatic rings. The smallest absolute Gasteiger partial charge is 0.408 e. The molecule has 1 saturated carbocycles. The first-order valence-electron chi connectivity index (χ1n) is 9.86. The number of para-hydroxylation sites is 1. The maximum Gasteiger partial charge on any atom is 0.441 e. The third-order valence-corrected chi connectivity index (χ3v) is 6.24. The molecular weight excluding hydrogens is 368 g/mol. The fraction of sp³-hybridized carbons (Fsp3) is 0.545. The number of hydrogen-bond donors (Lipinski definition) is 2. The first kappa shape index (κ1) is 20.8. The third kappa shape index (κ3) is 4.42. The molecule has 1 amide bonds. The van der Waals surface area contributed by atoms with E-state index in [-0.39, 0.29) is 16.7 Å². The van der Waals surface area contributed by atoms with Crippen molar-refractivity contribution in [1.82, 2.24) is 10.3 Å². The molecule has 29 heavy (non-hydrogen) atoms. The van der Waals surface area contributed by atoms with Gasteiger partial charge >= 0.3 is 5.76 Å². The Morgan fingerprint density at radius 1 is 1.28 bits per heavy atom. The lowest BCUT2D eigenvalue weighted by molar-refractivity contribution is -0.123. The summed E-state index contributed by atoms with van der Waals surface area (Å²) in [5.74, 6) is -0.680. The number of amides is 1. The van der Waals surface area contributed by atoms with Gasteiger partial charge in [-0.1, -0.05) is 46.8 Å². The fourth-order valence-corrected chi connectivity index (χ4v) is 3.03. The summed E-state index contributed by atoms with van der Waals surface area (Å²) in [5, 5.41) is 16.0. The van der Waals surface area contributed by atoms with Crippen LogP contribution in [0, 0.1) is 22.2 Å². The maximum absolute atomic E-state index is 13.1. The average molecular weight is 396 g/mol. The average Bonchev–Trinajstić information content (AvgIpc) is 3.39. The topological polar surface area (TPSA) is 108 Å². The summed E-state index contributed by atoms with van der Waals surface area (Å²) >= 11 is 0. The first-order valence-corrected chi connectivity index (χ1v) is 9.86. The van der Waals surface area contributed by atoms with Gasteiger partial charge in [0.25, 0.3) is 0 Å². The van der Waals surface area contributed by atoms with Crippen LogP contribution in [0.4, 0.5) is 5.82 Å².